The number of aliphatic hydroxyl groups is 1. The molecule has 1 aromatic rings. The molecule has 0 aliphatic rings. The zero-order chi connectivity index (χ0) is 11.6. The molecule has 0 atom stereocenters. The van der Waals surface area contributed by atoms with E-state index in [2.05, 4.69) is 0 Å². The molecule has 0 bridgehead atoms. The lowest BCUT2D eigenvalue weighted by Crippen LogP contribution is -1.96. The average Bonchev–Trinajstić information content (AvgIpc) is 2.17. The number of phenols is 1. The van der Waals surface area contributed by atoms with E-state index < -0.39 is 33.6 Å². The van der Waals surface area contributed by atoms with E-state index in [-0.39, 0.29) is 5.56 Å². The lowest BCUT2D eigenvalue weighted by Gasteiger charge is -2.01. The van der Waals surface area contributed by atoms with E-state index in [4.69, 9.17) is 5.11 Å². The van der Waals surface area contributed by atoms with Gasteiger partial charge in [-0.2, -0.15) is 0 Å². The number of aliphatic hydroxyl groups excluding tert-OH is 1. The van der Waals surface area contributed by atoms with Crippen molar-refractivity contribution < 1.29 is 20.1 Å². The van der Waals surface area contributed by atoms with Gasteiger partial charge in [0, 0.05) is 11.6 Å². The molecule has 15 heavy (non-hydrogen) atoms. The highest BCUT2D eigenvalue weighted by atomic mass is 16.6. The summed E-state index contributed by atoms with van der Waals surface area (Å²) in [5.74, 6) is -0.756. The summed E-state index contributed by atoms with van der Waals surface area (Å²) in [4.78, 5) is 19.0. The molecule has 2 N–H and O–H groups in total. The molecule has 0 fully saturated rings. The van der Waals surface area contributed by atoms with Gasteiger partial charge in [0.15, 0.2) is 5.75 Å². The van der Waals surface area contributed by atoms with Crippen molar-refractivity contribution in [1.82, 2.24) is 0 Å². The Morgan fingerprint density at radius 1 is 1.20 bits per heavy atom. The van der Waals surface area contributed by atoms with Gasteiger partial charge in [0.25, 0.3) is 5.69 Å². The molecule has 0 saturated carbocycles. The highest BCUT2D eigenvalue weighted by Crippen LogP contribution is 2.34. The number of nitro benzene ring substituents is 2. The molecule has 8 nitrogen and oxygen atoms in total. The third kappa shape index (κ3) is 1.99. The Morgan fingerprint density at radius 2 is 1.80 bits per heavy atom. The topological polar surface area (TPSA) is 127 Å². The molecule has 0 spiro atoms. The maximum absolute atomic E-state index is 10.4. The highest BCUT2D eigenvalue weighted by molar-refractivity contribution is 5.57. The Labute approximate surface area is 82.7 Å². The summed E-state index contributed by atoms with van der Waals surface area (Å²) >= 11 is 0. The van der Waals surface area contributed by atoms with Gasteiger partial charge in [0.2, 0.25) is 0 Å². The molecule has 80 valence electrons. The number of hydrogen-bond acceptors (Lipinski definition) is 6. The minimum atomic E-state index is -0.957. The molecule has 0 aromatic heterocycles. The van der Waals surface area contributed by atoms with Crippen molar-refractivity contribution in [3.63, 3.8) is 0 Å². The van der Waals surface area contributed by atoms with Crippen LogP contribution in [0.25, 0.3) is 0 Å². The Balaban J connectivity index is 3.45. The molecular formula is C7H6N2O6. The van der Waals surface area contributed by atoms with Gasteiger partial charge in [-0.25, -0.2) is 0 Å². The first-order valence-corrected chi connectivity index (χ1v) is 3.73. The van der Waals surface area contributed by atoms with Gasteiger partial charge in [-0.05, 0) is 0 Å². The number of nitrogens with zero attached hydrogens (tertiary/aromatic N) is 2. The maximum atomic E-state index is 10.4. The van der Waals surface area contributed by atoms with Crippen LogP contribution in [0.1, 0.15) is 5.56 Å². The largest absolute Gasteiger partial charge is 0.502 e. The maximum Gasteiger partial charge on any atom is 0.317 e. The van der Waals surface area contributed by atoms with Crippen LogP contribution in [0.4, 0.5) is 11.4 Å². The van der Waals surface area contributed by atoms with E-state index in [0.29, 0.717) is 6.07 Å². The van der Waals surface area contributed by atoms with E-state index in [9.17, 15) is 25.3 Å². The smallest absolute Gasteiger partial charge is 0.317 e. The van der Waals surface area contributed by atoms with Crippen molar-refractivity contribution in [3.05, 3.63) is 37.9 Å². The normalized spacial score (nSPS) is 9.93. The van der Waals surface area contributed by atoms with Crippen LogP contribution in [0.15, 0.2) is 12.1 Å². The summed E-state index contributed by atoms with van der Waals surface area (Å²) < 4.78 is 0. The molecular weight excluding hydrogens is 208 g/mol. The van der Waals surface area contributed by atoms with Gasteiger partial charge in [0.05, 0.1) is 22.5 Å². The van der Waals surface area contributed by atoms with E-state index >= 15 is 0 Å². The van der Waals surface area contributed by atoms with Crippen molar-refractivity contribution in [2.24, 2.45) is 0 Å². The van der Waals surface area contributed by atoms with E-state index in [1.807, 2.05) is 0 Å². The average molecular weight is 214 g/mol. The summed E-state index contributed by atoms with van der Waals surface area (Å²) in [7, 11) is 0. The number of benzene rings is 1. The monoisotopic (exact) mass is 214 g/mol. The number of rotatable bonds is 3. The minimum Gasteiger partial charge on any atom is -0.502 e. The second-order valence-corrected chi connectivity index (χ2v) is 2.64. The van der Waals surface area contributed by atoms with Crippen LogP contribution in [0.5, 0.6) is 5.75 Å². The van der Waals surface area contributed by atoms with Crippen LogP contribution in [0, 0.1) is 20.2 Å². The van der Waals surface area contributed by atoms with Crippen molar-refractivity contribution in [3.8, 4) is 5.75 Å². The molecule has 0 amide bonds. The van der Waals surface area contributed by atoms with E-state index in [0.717, 1.165) is 6.07 Å². The lowest BCUT2D eigenvalue weighted by molar-refractivity contribution is -0.394. The van der Waals surface area contributed by atoms with Crippen molar-refractivity contribution in [2.45, 2.75) is 6.61 Å². The van der Waals surface area contributed by atoms with Gasteiger partial charge in [-0.15, -0.1) is 0 Å². The van der Waals surface area contributed by atoms with Gasteiger partial charge in [-0.1, -0.05) is 0 Å². The molecule has 0 radical (unpaired) electrons. The fraction of sp³-hybridized carbons (Fsp3) is 0.143. The van der Waals surface area contributed by atoms with Crippen molar-refractivity contribution in [1.29, 1.82) is 0 Å². The zero-order valence-electron chi connectivity index (χ0n) is 7.28. The number of nitro groups is 2. The summed E-state index contributed by atoms with van der Waals surface area (Å²) in [6.07, 6.45) is 0. The number of non-ortho nitro benzene ring substituents is 1. The Bertz CT molecular complexity index is 430. The Kier molecular flexibility index (Phi) is 2.81. The predicted molar refractivity (Wildman–Crippen MR) is 47.3 cm³/mol. The van der Waals surface area contributed by atoms with Crippen LogP contribution in [0.3, 0.4) is 0 Å². The molecule has 0 saturated heterocycles. The first-order valence-electron chi connectivity index (χ1n) is 3.73. The summed E-state index contributed by atoms with van der Waals surface area (Å²) in [6, 6.07) is 1.51. The molecule has 0 aliphatic carbocycles. The second kappa shape index (κ2) is 3.88. The second-order valence-electron chi connectivity index (χ2n) is 2.64. The fourth-order valence-corrected chi connectivity index (χ4v) is 1.03. The molecule has 1 aromatic carbocycles. The minimum absolute atomic E-state index is 0.254. The fourth-order valence-electron chi connectivity index (χ4n) is 1.03. The zero-order valence-corrected chi connectivity index (χ0v) is 7.28. The van der Waals surface area contributed by atoms with Crippen molar-refractivity contribution in [2.75, 3.05) is 0 Å². The lowest BCUT2D eigenvalue weighted by atomic mass is 10.1. The third-order valence-corrected chi connectivity index (χ3v) is 1.73. The van der Waals surface area contributed by atoms with Gasteiger partial charge < -0.3 is 10.2 Å². The first-order chi connectivity index (χ1) is 6.97. The van der Waals surface area contributed by atoms with Gasteiger partial charge in [-0.3, -0.25) is 20.2 Å². The summed E-state index contributed by atoms with van der Waals surface area (Å²) in [6.45, 7) is -0.714. The number of hydrogen-bond donors (Lipinski definition) is 2. The van der Waals surface area contributed by atoms with Gasteiger partial charge >= 0.3 is 5.69 Å². The van der Waals surface area contributed by atoms with Crippen LogP contribution >= 0.6 is 0 Å². The standard InChI is InChI=1S/C7H6N2O6/c10-3-4-1-5(8(12)13)2-6(7(4)11)9(14)15/h1-2,10-11H,3H2. The van der Waals surface area contributed by atoms with Crippen LogP contribution in [-0.2, 0) is 6.61 Å². The molecule has 0 aliphatic heterocycles. The van der Waals surface area contributed by atoms with Gasteiger partial charge in [0.1, 0.15) is 0 Å². The molecule has 0 unspecified atom stereocenters. The van der Waals surface area contributed by atoms with Crippen LogP contribution in [0.2, 0.25) is 0 Å². The summed E-state index contributed by atoms with van der Waals surface area (Å²) in [5, 5.41) is 38.7. The third-order valence-electron chi connectivity index (χ3n) is 1.73. The Morgan fingerprint density at radius 3 is 2.20 bits per heavy atom. The van der Waals surface area contributed by atoms with Crippen LogP contribution < -0.4 is 0 Å². The predicted octanol–water partition coefficient (Wildman–Crippen LogP) is 0.701. The Hall–Kier alpha value is -2.22. The van der Waals surface area contributed by atoms with Crippen LogP contribution in [-0.4, -0.2) is 20.1 Å². The SMILES string of the molecule is O=[N+]([O-])c1cc(CO)c(O)c([N+](=O)[O-])c1. The van der Waals surface area contributed by atoms with E-state index in [1.165, 1.54) is 0 Å². The number of aromatic hydroxyl groups is 1. The molecule has 8 heteroatoms. The molecule has 0 heterocycles. The first kappa shape index (κ1) is 10.9. The molecule has 1 rings (SSSR count). The highest BCUT2D eigenvalue weighted by Gasteiger charge is 2.23. The van der Waals surface area contributed by atoms with E-state index in [1.54, 1.807) is 0 Å². The quantitative estimate of drug-likeness (QED) is 0.563. The summed E-state index contributed by atoms with van der Waals surface area (Å²) in [5.41, 5.74) is -1.60. The van der Waals surface area contributed by atoms with Crippen molar-refractivity contribution >= 4 is 11.4 Å².